The van der Waals surface area contributed by atoms with Gasteiger partial charge in [-0.05, 0) is 23.6 Å². The number of hydrogen-bond acceptors (Lipinski definition) is 4. The second kappa shape index (κ2) is 7.94. The van der Waals surface area contributed by atoms with Gasteiger partial charge in [-0.25, -0.2) is 4.79 Å². The van der Waals surface area contributed by atoms with Crippen LogP contribution in [0.25, 0.3) is 0 Å². The topological polar surface area (TPSA) is 68.1 Å². The molecule has 1 aliphatic heterocycles. The van der Waals surface area contributed by atoms with E-state index in [0.717, 1.165) is 28.8 Å². The molecule has 3 rings (SSSR count). The number of rotatable bonds is 7. The van der Waals surface area contributed by atoms with Gasteiger partial charge in [-0.3, -0.25) is 0 Å². The summed E-state index contributed by atoms with van der Waals surface area (Å²) >= 11 is 0. The number of carbonyl (C=O) groups is 1. The fourth-order valence-corrected chi connectivity index (χ4v) is 2.86. The zero-order valence-corrected chi connectivity index (χ0v) is 14.1. The summed E-state index contributed by atoms with van der Waals surface area (Å²) in [4.78, 5) is 16.7. The maximum atomic E-state index is 11.2. The summed E-state index contributed by atoms with van der Waals surface area (Å²) in [6, 6.07) is 17.8. The first-order valence-electron chi connectivity index (χ1n) is 8.38. The minimum absolute atomic E-state index is 0.0507. The van der Waals surface area contributed by atoms with Crippen LogP contribution in [-0.4, -0.2) is 29.5 Å². The third-order valence-corrected chi connectivity index (χ3v) is 4.19. The number of aliphatic carboxylic acids is 1. The van der Waals surface area contributed by atoms with Crippen molar-refractivity contribution in [2.75, 3.05) is 6.61 Å². The molecule has 1 aliphatic rings. The van der Waals surface area contributed by atoms with Crippen LogP contribution in [0, 0.1) is 0 Å². The third kappa shape index (κ3) is 4.25. The molecule has 0 aromatic heterocycles. The summed E-state index contributed by atoms with van der Waals surface area (Å²) in [6.45, 7) is 2.17. The zero-order chi connectivity index (χ0) is 17.6. The summed E-state index contributed by atoms with van der Waals surface area (Å²) in [6.07, 6.45) is 0.203. The van der Waals surface area contributed by atoms with E-state index in [-0.39, 0.29) is 6.10 Å². The van der Waals surface area contributed by atoms with Crippen molar-refractivity contribution in [1.29, 1.82) is 0 Å². The Morgan fingerprint density at radius 1 is 1.24 bits per heavy atom. The number of oxime groups is 1. The highest BCUT2D eigenvalue weighted by molar-refractivity contribution is 6.01. The average Bonchev–Trinajstić information content (AvgIpc) is 3.13. The molecule has 0 fully saturated rings. The Morgan fingerprint density at radius 3 is 2.60 bits per heavy atom. The van der Waals surface area contributed by atoms with Gasteiger partial charge in [0.2, 0.25) is 0 Å². The van der Waals surface area contributed by atoms with Gasteiger partial charge in [0.25, 0.3) is 0 Å². The van der Waals surface area contributed by atoms with E-state index < -0.39 is 12.1 Å². The highest BCUT2D eigenvalue weighted by Crippen LogP contribution is 2.29. The van der Waals surface area contributed by atoms with Crippen LogP contribution < -0.4 is 0 Å². The van der Waals surface area contributed by atoms with E-state index in [0.29, 0.717) is 13.0 Å². The van der Waals surface area contributed by atoms with E-state index in [4.69, 9.17) is 14.7 Å². The van der Waals surface area contributed by atoms with E-state index in [9.17, 15) is 4.79 Å². The lowest BCUT2D eigenvalue weighted by Gasteiger charge is -2.12. The molecule has 1 N–H and O–H groups in total. The normalized spacial score (nSPS) is 17.6. The fourth-order valence-electron chi connectivity index (χ4n) is 2.86. The maximum Gasteiger partial charge on any atom is 0.333 e. The van der Waals surface area contributed by atoms with Crippen molar-refractivity contribution in [3.8, 4) is 0 Å². The molecule has 0 saturated carbocycles. The van der Waals surface area contributed by atoms with Gasteiger partial charge < -0.3 is 14.7 Å². The minimum Gasteiger partial charge on any atom is -0.479 e. The van der Waals surface area contributed by atoms with Gasteiger partial charge in [-0.1, -0.05) is 59.8 Å². The van der Waals surface area contributed by atoms with Crippen LogP contribution in [0.2, 0.25) is 0 Å². The first kappa shape index (κ1) is 17.2. The molecule has 0 radical (unpaired) electrons. The standard InChI is InChI=1S/C20H21NO4/c1-2-24-19(20(22)23)12-14-8-10-15(11-9-14)17-13-18(25-21-17)16-6-4-3-5-7-16/h3-11,18-19H,2,12-13H2,1H3,(H,22,23)/t18?,19-/m1/s1. The lowest BCUT2D eigenvalue weighted by Crippen LogP contribution is -2.26. The number of hydrogen-bond donors (Lipinski definition) is 1. The molecule has 1 heterocycles. The van der Waals surface area contributed by atoms with Crippen LogP contribution in [0.3, 0.4) is 0 Å². The van der Waals surface area contributed by atoms with Crippen molar-refractivity contribution in [3.05, 3.63) is 71.3 Å². The van der Waals surface area contributed by atoms with Gasteiger partial charge in [0, 0.05) is 19.4 Å². The van der Waals surface area contributed by atoms with Gasteiger partial charge in [0.1, 0.15) is 0 Å². The van der Waals surface area contributed by atoms with Crippen LogP contribution in [0.5, 0.6) is 0 Å². The molecule has 2 atom stereocenters. The second-order valence-electron chi connectivity index (χ2n) is 5.93. The largest absolute Gasteiger partial charge is 0.479 e. The van der Waals surface area contributed by atoms with Crippen molar-refractivity contribution in [1.82, 2.24) is 0 Å². The van der Waals surface area contributed by atoms with Crippen molar-refractivity contribution in [2.24, 2.45) is 5.16 Å². The first-order valence-corrected chi connectivity index (χ1v) is 8.38. The summed E-state index contributed by atoms with van der Waals surface area (Å²) in [5.74, 6) is -0.940. The number of nitrogens with zero attached hydrogens (tertiary/aromatic N) is 1. The van der Waals surface area contributed by atoms with Gasteiger partial charge in [-0.2, -0.15) is 0 Å². The van der Waals surface area contributed by atoms with Crippen LogP contribution in [0.1, 0.15) is 36.1 Å². The predicted octanol–water partition coefficient (Wildman–Crippen LogP) is 3.58. The van der Waals surface area contributed by atoms with Crippen molar-refractivity contribution >= 4 is 11.7 Å². The maximum absolute atomic E-state index is 11.2. The summed E-state index contributed by atoms with van der Waals surface area (Å²) in [7, 11) is 0. The van der Waals surface area contributed by atoms with Crippen LogP contribution >= 0.6 is 0 Å². The summed E-state index contributed by atoms with van der Waals surface area (Å²) < 4.78 is 5.26. The zero-order valence-electron chi connectivity index (χ0n) is 14.1. The molecular weight excluding hydrogens is 318 g/mol. The SMILES string of the molecule is CCO[C@H](Cc1ccc(C2=NOC(c3ccccc3)C2)cc1)C(=O)O. The number of benzene rings is 2. The van der Waals surface area contributed by atoms with Crippen molar-refractivity contribution in [3.63, 3.8) is 0 Å². The lowest BCUT2D eigenvalue weighted by atomic mass is 9.98. The van der Waals surface area contributed by atoms with Gasteiger partial charge >= 0.3 is 5.97 Å². The molecule has 0 aliphatic carbocycles. The molecule has 1 unspecified atom stereocenters. The van der Waals surface area contributed by atoms with E-state index in [1.807, 2.05) is 54.6 Å². The molecule has 5 nitrogen and oxygen atoms in total. The molecule has 2 aromatic carbocycles. The second-order valence-corrected chi connectivity index (χ2v) is 5.93. The van der Waals surface area contributed by atoms with Crippen molar-refractivity contribution in [2.45, 2.75) is 32.0 Å². The van der Waals surface area contributed by atoms with E-state index in [2.05, 4.69) is 5.16 Å². The van der Waals surface area contributed by atoms with Gasteiger partial charge in [-0.15, -0.1) is 0 Å². The summed E-state index contributed by atoms with van der Waals surface area (Å²) in [5, 5.41) is 13.4. The Hall–Kier alpha value is -2.66. The molecule has 0 saturated heterocycles. The molecule has 2 aromatic rings. The van der Waals surface area contributed by atoms with Crippen LogP contribution in [0.15, 0.2) is 59.8 Å². The molecular formula is C20H21NO4. The summed E-state index contributed by atoms with van der Waals surface area (Å²) in [5.41, 5.74) is 3.92. The Labute approximate surface area is 146 Å². The fraction of sp³-hybridized carbons (Fsp3) is 0.300. The number of carboxylic acids is 1. The monoisotopic (exact) mass is 339 g/mol. The molecule has 130 valence electrons. The van der Waals surface area contributed by atoms with Crippen LogP contribution in [0.4, 0.5) is 0 Å². The van der Waals surface area contributed by atoms with E-state index >= 15 is 0 Å². The predicted molar refractivity (Wildman–Crippen MR) is 94.6 cm³/mol. The highest BCUT2D eigenvalue weighted by Gasteiger charge is 2.24. The van der Waals surface area contributed by atoms with E-state index in [1.54, 1.807) is 6.92 Å². The molecule has 0 amide bonds. The quantitative estimate of drug-likeness (QED) is 0.837. The minimum atomic E-state index is -0.940. The number of carboxylic acid groups (broad SMARTS) is 1. The van der Waals surface area contributed by atoms with Crippen LogP contribution in [-0.2, 0) is 20.8 Å². The Morgan fingerprint density at radius 2 is 1.96 bits per heavy atom. The Kier molecular flexibility index (Phi) is 5.46. The van der Waals surface area contributed by atoms with Gasteiger partial charge in [0.15, 0.2) is 12.2 Å². The van der Waals surface area contributed by atoms with Gasteiger partial charge in [0.05, 0.1) is 5.71 Å². The molecule has 25 heavy (non-hydrogen) atoms. The lowest BCUT2D eigenvalue weighted by molar-refractivity contribution is -0.149. The Bertz CT molecular complexity index is 740. The number of ether oxygens (including phenoxy) is 1. The first-order chi connectivity index (χ1) is 12.2. The van der Waals surface area contributed by atoms with E-state index in [1.165, 1.54) is 0 Å². The average molecular weight is 339 g/mol. The Balaban J connectivity index is 1.64. The van der Waals surface area contributed by atoms with Crippen molar-refractivity contribution < 1.29 is 19.5 Å². The molecule has 5 heteroatoms. The molecule has 0 spiro atoms. The smallest absolute Gasteiger partial charge is 0.333 e. The highest BCUT2D eigenvalue weighted by atomic mass is 16.6. The molecule has 0 bridgehead atoms. The third-order valence-electron chi connectivity index (χ3n) is 4.19.